The highest BCUT2D eigenvalue weighted by molar-refractivity contribution is 5.82. The van der Waals surface area contributed by atoms with E-state index in [0.29, 0.717) is 5.78 Å². The summed E-state index contributed by atoms with van der Waals surface area (Å²) in [6.07, 6.45) is 5.23. The Bertz CT molecular complexity index is 234. The van der Waals surface area contributed by atoms with Gasteiger partial charge in [-0.05, 0) is 37.0 Å². The molecule has 72 valence electrons. The monoisotopic (exact) mass is 179 g/mol. The molecule has 13 heavy (non-hydrogen) atoms. The molecule has 2 unspecified atom stereocenters. The minimum atomic E-state index is 0.448. The van der Waals surface area contributed by atoms with E-state index in [9.17, 15) is 4.79 Å². The van der Waals surface area contributed by atoms with Gasteiger partial charge in [0.05, 0.1) is 6.54 Å². The Hall–Kier alpha value is -0.370. The first-order chi connectivity index (χ1) is 6.33. The van der Waals surface area contributed by atoms with Crippen LogP contribution in [0.4, 0.5) is 0 Å². The maximum atomic E-state index is 11.0. The third kappa shape index (κ3) is 1.64. The van der Waals surface area contributed by atoms with E-state index >= 15 is 0 Å². The summed E-state index contributed by atoms with van der Waals surface area (Å²) in [6, 6.07) is 0. The molecule has 0 aromatic heterocycles. The quantitative estimate of drug-likeness (QED) is 0.651. The van der Waals surface area contributed by atoms with Gasteiger partial charge in [-0.1, -0.05) is 0 Å². The number of Topliss-reactive ketones (excluding diaryl/α,β-unsaturated/α-hetero) is 1. The van der Waals surface area contributed by atoms with Gasteiger partial charge in [-0.15, -0.1) is 0 Å². The summed E-state index contributed by atoms with van der Waals surface area (Å²) in [5.74, 6) is 3.54. The lowest BCUT2D eigenvalue weighted by atomic mass is 10.2. The summed E-state index contributed by atoms with van der Waals surface area (Å²) >= 11 is 0. The Kier molecular flexibility index (Phi) is 1.72. The second-order valence-corrected chi connectivity index (χ2v) is 5.02. The maximum Gasteiger partial charge on any atom is 0.148 e. The van der Waals surface area contributed by atoms with Gasteiger partial charge in [-0.25, -0.2) is 0 Å². The van der Waals surface area contributed by atoms with E-state index in [0.717, 1.165) is 37.3 Å². The average molecular weight is 179 g/mol. The van der Waals surface area contributed by atoms with Crippen LogP contribution < -0.4 is 0 Å². The van der Waals surface area contributed by atoms with Gasteiger partial charge in [0.2, 0.25) is 0 Å². The first-order valence-electron chi connectivity index (χ1n) is 5.57. The molecule has 0 amide bonds. The lowest BCUT2D eigenvalue weighted by Gasteiger charge is -2.12. The minimum Gasteiger partial charge on any atom is -0.298 e. The topological polar surface area (TPSA) is 20.3 Å². The normalized spacial score (nSPS) is 39.8. The number of carbonyl (C=O) groups excluding carboxylic acids is 1. The van der Waals surface area contributed by atoms with Gasteiger partial charge in [-0.2, -0.15) is 0 Å². The summed E-state index contributed by atoms with van der Waals surface area (Å²) in [7, 11) is 0. The summed E-state index contributed by atoms with van der Waals surface area (Å²) in [4.78, 5) is 13.4. The Morgan fingerprint density at radius 1 is 1.38 bits per heavy atom. The Labute approximate surface area is 79.3 Å². The van der Waals surface area contributed by atoms with Crippen LogP contribution >= 0.6 is 0 Å². The number of likely N-dealkylation sites (tertiary alicyclic amines) is 1. The van der Waals surface area contributed by atoms with E-state index in [1.165, 1.54) is 25.8 Å². The van der Waals surface area contributed by atoms with E-state index in [4.69, 9.17) is 0 Å². The van der Waals surface area contributed by atoms with Gasteiger partial charge < -0.3 is 0 Å². The summed E-state index contributed by atoms with van der Waals surface area (Å²) in [5.41, 5.74) is 0. The molecule has 2 atom stereocenters. The molecule has 3 rings (SSSR count). The third-order valence-corrected chi connectivity index (χ3v) is 3.80. The van der Waals surface area contributed by atoms with Crippen LogP contribution in [0.2, 0.25) is 0 Å². The average Bonchev–Trinajstić information content (AvgIpc) is 2.92. The standard InChI is InChI=1S/C11H17NO/c13-10-3-4-12(7-10)6-9-5-11(9)8-1-2-8/h8-9,11H,1-7H2. The molecule has 2 saturated carbocycles. The van der Waals surface area contributed by atoms with Crippen molar-refractivity contribution in [3.8, 4) is 0 Å². The smallest absolute Gasteiger partial charge is 0.148 e. The molecule has 1 aliphatic heterocycles. The number of rotatable bonds is 3. The molecular weight excluding hydrogens is 162 g/mol. The molecule has 2 aliphatic carbocycles. The van der Waals surface area contributed by atoms with Crippen molar-refractivity contribution in [2.24, 2.45) is 17.8 Å². The molecule has 2 nitrogen and oxygen atoms in total. The van der Waals surface area contributed by atoms with Gasteiger partial charge in [0.15, 0.2) is 0 Å². The molecule has 0 radical (unpaired) electrons. The molecule has 0 N–H and O–H groups in total. The van der Waals surface area contributed by atoms with Crippen LogP contribution in [0.1, 0.15) is 25.7 Å². The summed E-state index contributed by atoms with van der Waals surface area (Å²) < 4.78 is 0. The molecule has 0 spiro atoms. The van der Waals surface area contributed by atoms with Crippen LogP contribution in [0.5, 0.6) is 0 Å². The first-order valence-corrected chi connectivity index (χ1v) is 5.57. The zero-order valence-corrected chi connectivity index (χ0v) is 8.04. The Balaban J connectivity index is 1.46. The highest BCUT2D eigenvalue weighted by Gasteiger charge is 2.47. The van der Waals surface area contributed by atoms with Crippen molar-refractivity contribution in [3.05, 3.63) is 0 Å². The van der Waals surface area contributed by atoms with Gasteiger partial charge in [0, 0.05) is 19.5 Å². The minimum absolute atomic E-state index is 0.448. The highest BCUT2D eigenvalue weighted by atomic mass is 16.1. The van der Waals surface area contributed by atoms with Crippen molar-refractivity contribution in [2.45, 2.75) is 25.7 Å². The fourth-order valence-electron chi connectivity index (χ4n) is 2.76. The lowest BCUT2D eigenvalue weighted by molar-refractivity contribution is -0.116. The number of hydrogen-bond acceptors (Lipinski definition) is 2. The third-order valence-electron chi connectivity index (χ3n) is 3.80. The van der Waals surface area contributed by atoms with Gasteiger partial charge in [-0.3, -0.25) is 9.69 Å². The highest BCUT2D eigenvalue weighted by Crippen LogP contribution is 2.54. The predicted octanol–water partition coefficient (Wildman–Crippen LogP) is 1.31. The molecule has 2 heteroatoms. The van der Waals surface area contributed by atoms with Crippen molar-refractivity contribution in [2.75, 3.05) is 19.6 Å². The molecule has 0 aromatic rings. The van der Waals surface area contributed by atoms with Crippen molar-refractivity contribution >= 4 is 5.78 Å². The second kappa shape index (κ2) is 2.81. The molecule has 1 heterocycles. The van der Waals surface area contributed by atoms with Crippen LogP contribution in [0.25, 0.3) is 0 Å². The van der Waals surface area contributed by atoms with Crippen molar-refractivity contribution in [1.29, 1.82) is 0 Å². The molecule has 0 bridgehead atoms. The zero-order chi connectivity index (χ0) is 8.84. The lowest BCUT2D eigenvalue weighted by Crippen LogP contribution is -2.23. The number of hydrogen-bond donors (Lipinski definition) is 0. The van der Waals surface area contributed by atoms with E-state index in [-0.39, 0.29) is 0 Å². The van der Waals surface area contributed by atoms with Crippen molar-refractivity contribution < 1.29 is 4.79 Å². The summed E-state index contributed by atoms with van der Waals surface area (Å²) in [6.45, 7) is 2.99. The Morgan fingerprint density at radius 2 is 2.23 bits per heavy atom. The van der Waals surface area contributed by atoms with Crippen LogP contribution in [-0.4, -0.2) is 30.3 Å². The SMILES string of the molecule is O=C1CCN(CC2CC2C2CC2)C1. The molecule has 1 saturated heterocycles. The first kappa shape index (κ1) is 7.98. The molecule has 3 fully saturated rings. The molecular formula is C11H17NO. The molecule has 0 aromatic carbocycles. The van der Waals surface area contributed by atoms with Crippen molar-refractivity contribution in [1.82, 2.24) is 4.90 Å². The predicted molar refractivity (Wildman–Crippen MR) is 50.4 cm³/mol. The fraction of sp³-hybridized carbons (Fsp3) is 0.909. The number of carbonyl (C=O) groups is 1. The van der Waals surface area contributed by atoms with Crippen LogP contribution in [0.15, 0.2) is 0 Å². The maximum absolute atomic E-state index is 11.0. The Morgan fingerprint density at radius 3 is 2.85 bits per heavy atom. The van der Waals surface area contributed by atoms with Gasteiger partial charge in [0.1, 0.15) is 5.78 Å². The summed E-state index contributed by atoms with van der Waals surface area (Å²) in [5, 5.41) is 0. The molecule has 3 aliphatic rings. The zero-order valence-electron chi connectivity index (χ0n) is 8.04. The van der Waals surface area contributed by atoms with E-state index in [1.54, 1.807) is 0 Å². The number of ketones is 1. The van der Waals surface area contributed by atoms with Crippen LogP contribution in [-0.2, 0) is 4.79 Å². The largest absolute Gasteiger partial charge is 0.298 e. The van der Waals surface area contributed by atoms with Crippen LogP contribution in [0.3, 0.4) is 0 Å². The second-order valence-electron chi connectivity index (χ2n) is 5.02. The van der Waals surface area contributed by atoms with E-state index in [1.807, 2.05) is 0 Å². The van der Waals surface area contributed by atoms with E-state index < -0.39 is 0 Å². The van der Waals surface area contributed by atoms with E-state index in [2.05, 4.69) is 4.90 Å². The van der Waals surface area contributed by atoms with Crippen molar-refractivity contribution in [3.63, 3.8) is 0 Å². The fourth-order valence-corrected chi connectivity index (χ4v) is 2.76. The van der Waals surface area contributed by atoms with Gasteiger partial charge in [0.25, 0.3) is 0 Å². The van der Waals surface area contributed by atoms with Gasteiger partial charge >= 0.3 is 0 Å². The number of nitrogens with zero attached hydrogens (tertiary/aromatic N) is 1. The van der Waals surface area contributed by atoms with Crippen LogP contribution in [0, 0.1) is 17.8 Å².